The van der Waals surface area contributed by atoms with Gasteiger partial charge in [-0.2, -0.15) is 4.73 Å². The van der Waals surface area contributed by atoms with E-state index in [9.17, 15) is 23.2 Å². The number of hydrogen-bond donors (Lipinski definition) is 1. The first-order valence-electron chi connectivity index (χ1n) is 10.4. The molecule has 1 aliphatic rings. The van der Waals surface area contributed by atoms with Crippen LogP contribution in [0.3, 0.4) is 0 Å². The van der Waals surface area contributed by atoms with Crippen molar-refractivity contribution in [3.05, 3.63) is 87.3 Å². The van der Waals surface area contributed by atoms with Gasteiger partial charge in [-0.3, -0.25) is 14.3 Å². The van der Waals surface area contributed by atoms with E-state index in [2.05, 4.69) is 4.72 Å². The summed E-state index contributed by atoms with van der Waals surface area (Å²) >= 11 is 6.22. The second-order valence-electron chi connectivity index (χ2n) is 9.03. The molecule has 1 aromatic heterocycles. The van der Waals surface area contributed by atoms with Crippen molar-refractivity contribution >= 4 is 44.8 Å². The Morgan fingerprint density at radius 2 is 1.56 bits per heavy atom. The molecule has 0 saturated heterocycles. The van der Waals surface area contributed by atoms with Crippen molar-refractivity contribution in [2.24, 2.45) is 0 Å². The molecule has 2 heterocycles. The molecule has 4 rings (SSSR count). The number of halogens is 1. The molecule has 176 valence electrons. The van der Waals surface area contributed by atoms with Gasteiger partial charge in [-0.25, -0.2) is 13.3 Å². The lowest BCUT2D eigenvalue weighted by molar-refractivity contribution is -0.611. The quantitative estimate of drug-likeness (QED) is 0.329. The highest BCUT2D eigenvalue weighted by Gasteiger charge is 2.42. The summed E-state index contributed by atoms with van der Waals surface area (Å²) in [5, 5.41) is 12.0. The molecule has 3 aromatic rings. The van der Waals surface area contributed by atoms with E-state index >= 15 is 0 Å². The van der Waals surface area contributed by atoms with Crippen LogP contribution in [0.1, 0.15) is 52.7 Å². The third kappa shape index (κ3) is 4.01. The van der Waals surface area contributed by atoms with E-state index in [1.807, 2.05) is 20.8 Å². The zero-order valence-corrected chi connectivity index (χ0v) is 20.5. The molecule has 0 radical (unpaired) electrons. The number of carbonyl (C=O) groups excluding carboxylic acids is 2. The number of pyridine rings is 1. The van der Waals surface area contributed by atoms with Crippen LogP contribution in [0.15, 0.2) is 59.6 Å². The summed E-state index contributed by atoms with van der Waals surface area (Å²) in [4.78, 5) is 27.1. The Labute approximate surface area is 202 Å². The number of imide groups is 1. The highest BCUT2D eigenvalue weighted by molar-refractivity contribution is 7.92. The van der Waals surface area contributed by atoms with E-state index < -0.39 is 21.8 Å². The minimum absolute atomic E-state index is 0.00348. The van der Waals surface area contributed by atoms with Crippen LogP contribution < -0.4 is 14.4 Å². The molecule has 8 nitrogen and oxygen atoms in total. The van der Waals surface area contributed by atoms with E-state index in [1.54, 1.807) is 19.1 Å². The fraction of sp³-hybridized carbons (Fsp3) is 0.208. The van der Waals surface area contributed by atoms with Gasteiger partial charge in [0.05, 0.1) is 26.7 Å². The van der Waals surface area contributed by atoms with Crippen molar-refractivity contribution < 1.29 is 22.7 Å². The molecule has 1 N–H and O–H groups in total. The van der Waals surface area contributed by atoms with Crippen LogP contribution in [0.2, 0.25) is 5.02 Å². The van der Waals surface area contributed by atoms with Crippen molar-refractivity contribution in [2.75, 3.05) is 9.62 Å². The first-order valence-corrected chi connectivity index (χ1v) is 12.2. The molecule has 2 amide bonds. The maximum Gasteiger partial charge on any atom is 0.268 e. The van der Waals surface area contributed by atoms with Crippen LogP contribution in [0.4, 0.5) is 11.4 Å². The number of rotatable bonds is 4. The molecule has 10 heteroatoms. The summed E-state index contributed by atoms with van der Waals surface area (Å²) in [5.74, 6) is -1.53. The molecular formula is C24H22ClN3O5S. The molecule has 0 unspecified atom stereocenters. The second kappa shape index (κ2) is 8.11. The van der Waals surface area contributed by atoms with Crippen molar-refractivity contribution in [3.8, 4) is 0 Å². The Morgan fingerprint density at radius 3 is 2.15 bits per heavy atom. The van der Waals surface area contributed by atoms with Gasteiger partial charge in [0.15, 0.2) is 5.69 Å². The van der Waals surface area contributed by atoms with Crippen molar-refractivity contribution in [1.82, 2.24) is 0 Å². The van der Waals surface area contributed by atoms with Crippen molar-refractivity contribution in [1.29, 1.82) is 0 Å². The zero-order valence-electron chi connectivity index (χ0n) is 18.9. The lowest BCUT2D eigenvalue weighted by Gasteiger charge is -2.19. The Kier molecular flexibility index (Phi) is 5.65. The van der Waals surface area contributed by atoms with E-state index in [0.717, 1.165) is 16.7 Å². The van der Waals surface area contributed by atoms with Crippen molar-refractivity contribution in [2.45, 2.75) is 38.0 Å². The van der Waals surface area contributed by atoms with Crippen LogP contribution in [-0.4, -0.2) is 20.2 Å². The monoisotopic (exact) mass is 499 g/mol. The number of nitrogens with zero attached hydrogens (tertiary/aromatic N) is 2. The highest BCUT2D eigenvalue weighted by atomic mass is 35.5. The van der Waals surface area contributed by atoms with Crippen molar-refractivity contribution in [3.63, 3.8) is 0 Å². The third-order valence-corrected chi connectivity index (χ3v) is 7.31. The molecule has 0 saturated carbocycles. The number of benzene rings is 2. The summed E-state index contributed by atoms with van der Waals surface area (Å²) in [5.41, 5.74) is 0.852. The fourth-order valence-electron chi connectivity index (χ4n) is 3.66. The number of aromatic nitrogens is 1. The predicted molar refractivity (Wildman–Crippen MR) is 129 cm³/mol. The van der Waals surface area contributed by atoms with Gasteiger partial charge in [-0.05, 0) is 41.3 Å². The van der Waals surface area contributed by atoms with Gasteiger partial charge in [0.1, 0.15) is 5.69 Å². The summed E-state index contributed by atoms with van der Waals surface area (Å²) in [6, 6.07) is 12.0. The lowest BCUT2D eigenvalue weighted by Crippen LogP contribution is -2.35. The molecule has 0 spiro atoms. The number of sulfonamides is 1. The Bertz CT molecular complexity index is 1440. The van der Waals surface area contributed by atoms with Crippen LogP contribution >= 0.6 is 11.6 Å². The van der Waals surface area contributed by atoms with Gasteiger partial charge in [0, 0.05) is 13.0 Å². The van der Waals surface area contributed by atoms with Gasteiger partial charge >= 0.3 is 0 Å². The number of aryl methyl sites for hydroxylation is 1. The Balaban J connectivity index is 1.74. The largest absolute Gasteiger partial charge is 0.618 e. The molecule has 1 aliphatic heterocycles. The number of hydrogen-bond acceptors (Lipinski definition) is 5. The standard InChI is InChI=1S/C24H22ClN3O5S/c1-14-5-8-16(13-27(14)31)28-22(29)20-18(25)11-12-19(21(20)23(28)30)26-34(32,33)17-9-6-15(7-10-17)24(2,3)4/h5-13,26H,1-4H3. The summed E-state index contributed by atoms with van der Waals surface area (Å²) in [6.45, 7) is 7.63. The average Bonchev–Trinajstić information content (AvgIpc) is 3.03. The molecule has 0 fully saturated rings. The summed E-state index contributed by atoms with van der Waals surface area (Å²) in [6.07, 6.45) is 1.10. The zero-order chi connectivity index (χ0) is 25.0. The first kappa shape index (κ1) is 23.7. The molecule has 2 aromatic carbocycles. The second-order valence-corrected chi connectivity index (χ2v) is 11.1. The van der Waals surface area contributed by atoms with E-state index in [0.29, 0.717) is 10.4 Å². The van der Waals surface area contributed by atoms with Gasteiger partial charge in [-0.1, -0.05) is 44.5 Å². The Morgan fingerprint density at radius 1 is 0.941 bits per heavy atom. The highest BCUT2D eigenvalue weighted by Crippen LogP contribution is 2.37. The number of anilines is 2. The van der Waals surface area contributed by atoms with Crippen LogP contribution in [-0.2, 0) is 15.4 Å². The van der Waals surface area contributed by atoms with Crippen LogP contribution in [0, 0.1) is 12.1 Å². The van der Waals surface area contributed by atoms with Crippen LogP contribution in [0.5, 0.6) is 0 Å². The van der Waals surface area contributed by atoms with Gasteiger partial charge < -0.3 is 5.21 Å². The molecule has 0 atom stereocenters. The molecule has 0 bridgehead atoms. The third-order valence-electron chi connectivity index (χ3n) is 5.61. The van der Waals surface area contributed by atoms with E-state index in [4.69, 9.17) is 11.6 Å². The van der Waals surface area contributed by atoms with Gasteiger partial charge in [0.25, 0.3) is 21.8 Å². The maximum absolute atomic E-state index is 13.3. The van der Waals surface area contributed by atoms with Crippen LogP contribution in [0.25, 0.3) is 0 Å². The molecule has 0 aliphatic carbocycles. The lowest BCUT2D eigenvalue weighted by atomic mass is 9.87. The van der Waals surface area contributed by atoms with E-state index in [-0.39, 0.29) is 37.8 Å². The minimum atomic E-state index is -4.07. The topological polar surface area (TPSA) is 110 Å². The number of fused-ring (bicyclic) bond motifs is 1. The van der Waals surface area contributed by atoms with E-state index in [1.165, 1.54) is 36.4 Å². The molecule has 34 heavy (non-hydrogen) atoms. The maximum atomic E-state index is 13.3. The fourth-order valence-corrected chi connectivity index (χ4v) is 4.97. The minimum Gasteiger partial charge on any atom is -0.618 e. The summed E-state index contributed by atoms with van der Waals surface area (Å²) < 4.78 is 29.1. The number of amides is 2. The summed E-state index contributed by atoms with van der Waals surface area (Å²) in [7, 11) is -4.07. The number of nitrogens with one attached hydrogen (secondary N) is 1. The SMILES string of the molecule is Cc1ccc(N2C(=O)c3c(Cl)ccc(NS(=O)(=O)c4ccc(C(C)(C)C)cc4)c3C2=O)c[n+]1[O-]. The first-order chi connectivity index (χ1) is 15.8. The Hall–Kier alpha value is -3.43. The average molecular weight is 500 g/mol. The van der Waals surface area contributed by atoms with Gasteiger partial charge in [-0.15, -0.1) is 0 Å². The normalized spacial score (nSPS) is 13.9. The predicted octanol–water partition coefficient (Wildman–Crippen LogP) is 4.18. The van der Waals surface area contributed by atoms with Gasteiger partial charge in [0.2, 0.25) is 6.20 Å². The number of carbonyl (C=O) groups is 2. The molecular weight excluding hydrogens is 478 g/mol. The smallest absolute Gasteiger partial charge is 0.268 e.